The number of carbonyl (C=O) groups is 3. The highest BCUT2D eigenvalue weighted by molar-refractivity contribution is 5.94. The molecule has 3 amide bonds. The highest BCUT2D eigenvalue weighted by atomic mass is 16.6. The Morgan fingerprint density at radius 3 is 2.32 bits per heavy atom. The zero-order chi connectivity index (χ0) is 19.7. The van der Waals surface area contributed by atoms with Crippen molar-refractivity contribution >= 4 is 17.9 Å². The van der Waals surface area contributed by atoms with Gasteiger partial charge in [0.2, 0.25) is 11.8 Å². The zero-order valence-electron chi connectivity index (χ0n) is 16.8. The Balaban J connectivity index is 1.25. The van der Waals surface area contributed by atoms with E-state index < -0.39 is 0 Å². The van der Waals surface area contributed by atoms with Crippen LogP contribution in [0.4, 0.5) is 4.79 Å². The highest BCUT2D eigenvalue weighted by Crippen LogP contribution is 2.60. The second kappa shape index (κ2) is 7.76. The van der Waals surface area contributed by atoms with E-state index in [1.807, 2.05) is 9.80 Å². The van der Waals surface area contributed by atoms with Crippen LogP contribution in [0.3, 0.4) is 0 Å². The number of hydrogen-bond donors (Lipinski definition) is 0. The molecule has 1 unspecified atom stereocenters. The summed E-state index contributed by atoms with van der Waals surface area (Å²) in [5.74, 6) is 0.553. The van der Waals surface area contributed by atoms with Crippen LogP contribution < -0.4 is 0 Å². The summed E-state index contributed by atoms with van der Waals surface area (Å²) in [6.07, 6.45) is 7.67. The van der Waals surface area contributed by atoms with Gasteiger partial charge in [0.15, 0.2) is 0 Å². The molecule has 1 atom stereocenters. The van der Waals surface area contributed by atoms with E-state index in [1.165, 1.54) is 0 Å². The van der Waals surface area contributed by atoms with E-state index in [4.69, 9.17) is 4.74 Å². The van der Waals surface area contributed by atoms with Gasteiger partial charge < -0.3 is 19.4 Å². The first-order chi connectivity index (χ1) is 13.5. The minimum Gasteiger partial charge on any atom is -0.450 e. The van der Waals surface area contributed by atoms with Crippen molar-refractivity contribution < 1.29 is 19.1 Å². The summed E-state index contributed by atoms with van der Waals surface area (Å²) in [5, 5.41) is 0. The van der Waals surface area contributed by atoms with Crippen LogP contribution in [0.5, 0.6) is 0 Å². The Bertz CT molecular complexity index is 673. The molecule has 28 heavy (non-hydrogen) atoms. The molecule has 0 bridgehead atoms. The normalized spacial score (nSPS) is 26.2. The third kappa shape index (κ3) is 3.63. The molecule has 4 aliphatic rings. The van der Waals surface area contributed by atoms with Gasteiger partial charge in [-0.05, 0) is 50.9 Å². The lowest BCUT2D eigenvalue weighted by atomic mass is 9.90. The van der Waals surface area contributed by atoms with Crippen LogP contribution in [-0.2, 0) is 14.3 Å². The summed E-state index contributed by atoms with van der Waals surface area (Å²) in [4.78, 5) is 42.9. The molecule has 154 valence electrons. The number of piperidine rings is 1. The highest BCUT2D eigenvalue weighted by Gasteiger charge is 2.59. The van der Waals surface area contributed by atoms with Crippen LogP contribution in [0, 0.1) is 11.3 Å². The van der Waals surface area contributed by atoms with Gasteiger partial charge in [-0.2, -0.15) is 0 Å². The minimum absolute atomic E-state index is 0.101. The van der Waals surface area contributed by atoms with Gasteiger partial charge in [0.1, 0.15) is 0 Å². The van der Waals surface area contributed by atoms with Crippen molar-refractivity contribution in [3.63, 3.8) is 0 Å². The van der Waals surface area contributed by atoms with Crippen LogP contribution in [0.1, 0.15) is 45.4 Å². The summed E-state index contributed by atoms with van der Waals surface area (Å²) in [6.45, 7) is 5.98. The molecule has 0 aromatic rings. The summed E-state index contributed by atoms with van der Waals surface area (Å²) >= 11 is 0. The first-order valence-electron chi connectivity index (χ1n) is 10.7. The van der Waals surface area contributed by atoms with Crippen molar-refractivity contribution in [1.29, 1.82) is 0 Å². The van der Waals surface area contributed by atoms with E-state index in [-0.39, 0.29) is 29.2 Å². The molecule has 0 N–H and O–H groups in total. The van der Waals surface area contributed by atoms with Gasteiger partial charge in [-0.25, -0.2) is 4.79 Å². The van der Waals surface area contributed by atoms with E-state index in [1.54, 1.807) is 11.8 Å². The number of nitrogens with zero attached hydrogens (tertiary/aromatic N) is 3. The Labute approximate surface area is 166 Å². The van der Waals surface area contributed by atoms with Gasteiger partial charge in [0, 0.05) is 50.8 Å². The molecule has 4 rings (SSSR count). The monoisotopic (exact) mass is 389 g/mol. The lowest BCUT2D eigenvalue weighted by Gasteiger charge is -2.36. The molecule has 1 spiro atoms. The van der Waals surface area contributed by atoms with Crippen LogP contribution in [-0.4, -0.2) is 78.5 Å². The first kappa shape index (κ1) is 19.3. The van der Waals surface area contributed by atoms with Crippen molar-refractivity contribution in [3.8, 4) is 0 Å². The molecule has 1 saturated carbocycles. The molecule has 0 radical (unpaired) electrons. The average molecular weight is 389 g/mol. The molecule has 7 nitrogen and oxygen atoms in total. The van der Waals surface area contributed by atoms with E-state index in [9.17, 15) is 14.4 Å². The van der Waals surface area contributed by atoms with Gasteiger partial charge in [0.05, 0.1) is 6.61 Å². The number of carbonyl (C=O) groups excluding carboxylic acids is 3. The third-order valence-electron chi connectivity index (χ3n) is 6.97. The molecule has 0 aromatic heterocycles. The van der Waals surface area contributed by atoms with Gasteiger partial charge in [-0.1, -0.05) is 6.08 Å². The SMILES string of the molecule is CCOC(=O)N1CCN(C(=O)C2CC23CCN(C(=O)C2=CCCC2)CC3)CC1. The van der Waals surface area contributed by atoms with Crippen molar-refractivity contribution in [2.24, 2.45) is 11.3 Å². The fourth-order valence-electron chi connectivity index (χ4n) is 5.02. The van der Waals surface area contributed by atoms with Gasteiger partial charge in [-0.3, -0.25) is 9.59 Å². The predicted molar refractivity (Wildman–Crippen MR) is 103 cm³/mol. The van der Waals surface area contributed by atoms with Crippen molar-refractivity contribution in [2.45, 2.75) is 45.4 Å². The lowest BCUT2D eigenvalue weighted by molar-refractivity contribution is -0.135. The minimum atomic E-state index is -0.285. The molecule has 7 heteroatoms. The van der Waals surface area contributed by atoms with Gasteiger partial charge in [-0.15, -0.1) is 0 Å². The van der Waals surface area contributed by atoms with E-state index in [0.717, 1.165) is 57.2 Å². The summed E-state index contributed by atoms with van der Waals surface area (Å²) in [5.41, 5.74) is 1.09. The third-order valence-corrected chi connectivity index (χ3v) is 6.97. The maximum absolute atomic E-state index is 13.0. The fourth-order valence-corrected chi connectivity index (χ4v) is 5.02. The molecule has 0 aromatic carbocycles. The smallest absolute Gasteiger partial charge is 0.409 e. The average Bonchev–Trinajstić information content (AvgIpc) is 3.15. The van der Waals surface area contributed by atoms with Crippen LogP contribution in [0.15, 0.2) is 11.6 Å². The molecule has 2 aliphatic carbocycles. The lowest BCUT2D eigenvalue weighted by Crippen LogP contribution is -2.51. The zero-order valence-corrected chi connectivity index (χ0v) is 16.8. The number of rotatable bonds is 3. The first-order valence-corrected chi connectivity index (χ1v) is 10.7. The fraction of sp³-hybridized carbons (Fsp3) is 0.762. The molecule has 2 aliphatic heterocycles. The van der Waals surface area contributed by atoms with Gasteiger partial charge >= 0.3 is 6.09 Å². The topological polar surface area (TPSA) is 70.2 Å². The Hall–Kier alpha value is -2.05. The number of piperazine rings is 1. The molecular weight excluding hydrogens is 358 g/mol. The Morgan fingerprint density at radius 1 is 1.04 bits per heavy atom. The van der Waals surface area contributed by atoms with Crippen LogP contribution in [0.2, 0.25) is 0 Å². The number of allylic oxidation sites excluding steroid dienone is 1. The van der Waals surface area contributed by atoms with Crippen molar-refractivity contribution in [1.82, 2.24) is 14.7 Å². The van der Waals surface area contributed by atoms with E-state index in [0.29, 0.717) is 32.8 Å². The predicted octanol–water partition coefficient (Wildman–Crippen LogP) is 2.03. The molecule has 2 saturated heterocycles. The van der Waals surface area contributed by atoms with E-state index >= 15 is 0 Å². The summed E-state index contributed by atoms with van der Waals surface area (Å²) in [7, 11) is 0. The maximum Gasteiger partial charge on any atom is 0.409 e. The number of likely N-dealkylation sites (tertiary alicyclic amines) is 1. The standard InChI is InChI=1S/C21H31N3O4/c1-2-28-20(27)24-13-11-23(12-14-24)19(26)17-15-21(17)7-9-22(10-8-21)18(25)16-5-3-4-6-16/h5,17H,2-4,6-15H2,1H3. The van der Waals surface area contributed by atoms with Crippen molar-refractivity contribution in [3.05, 3.63) is 11.6 Å². The molecule has 3 fully saturated rings. The van der Waals surface area contributed by atoms with Crippen LogP contribution in [0.25, 0.3) is 0 Å². The number of ether oxygens (including phenoxy) is 1. The second-order valence-electron chi connectivity index (χ2n) is 8.54. The van der Waals surface area contributed by atoms with Gasteiger partial charge in [0.25, 0.3) is 0 Å². The Kier molecular flexibility index (Phi) is 5.34. The quantitative estimate of drug-likeness (QED) is 0.741. The second-order valence-corrected chi connectivity index (χ2v) is 8.54. The van der Waals surface area contributed by atoms with E-state index in [2.05, 4.69) is 6.08 Å². The number of hydrogen-bond acceptors (Lipinski definition) is 4. The van der Waals surface area contributed by atoms with Crippen molar-refractivity contribution in [2.75, 3.05) is 45.9 Å². The maximum atomic E-state index is 13.0. The number of amides is 3. The Morgan fingerprint density at radius 2 is 1.71 bits per heavy atom. The summed E-state index contributed by atoms with van der Waals surface area (Å²) in [6, 6.07) is 0. The molecular formula is C21H31N3O4. The summed E-state index contributed by atoms with van der Waals surface area (Å²) < 4.78 is 5.04. The molecule has 2 heterocycles. The van der Waals surface area contributed by atoms with Crippen LogP contribution >= 0.6 is 0 Å². The largest absolute Gasteiger partial charge is 0.450 e.